The first kappa shape index (κ1) is 22.8. The maximum absolute atomic E-state index is 12.6. The van der Waals surface area contributed by atoms with Crippen molar-refractivity contribution < 1.29 is 18.5 Å². The predicted octanol–water partition coefficient (Wildman–Crippen LogP) is 2.04. The van der Waals surface area contributed by atoms with Gasteiger partial charge in [0.1, 0.15) is 6.04 Å². The van der Waals surface area contributed by atoms with Crippen LogP contribution in [0, 0.1) is 5.92 Å². The molecule has 158 valence electrons. The van der Waals surface area contributed by atoms with Gasteiger partial charge in [-0.3, -0.25) is 4.79 Å². The van der Waals surface area contributed by atoms with Gasteiger partial charge in [-0.25, -0.2) is 8.42 Å². The number of nitrogens with zero attached hydrogens (tertiary/aromatic N) is 1. The molecule has 1 aromatic rings. The summed E-state index contributed by atoms with van der Waals surface area (Å²) in [6, 6.07) is 7.40. The van der Waals surface area contributed by atoms with Crippen LogP contribution in [-0.2, 0) is 14.8 Å². The van der Waals surface area contributed by atoms with Crippen LogP contribution in [0.25, 0.3) is 0 Å². The number of hydrogen-bond acceptors (Lipinski definition) is 3. The van der Waals surface area contributed by atoms with Crippen molar-refractivity contribution in [2.75, 3.05) is 19.6 Å². The molecule has 3 N–H and O–H groups in total. The standard InChI is InChI=1S/C21H35N3O3S/c1-5-24(6-2)28(26,27)19-13-11-18(12-14-19)17(4)22-15-21(25)23-20-10-8-7-9-16(20)3/h11-14,16-17,20,22H,5-10,15H2,1-4H3,(H,23,25)/p+1/t16-,17-,20-/m0/s1. The highest BCUT2D eigenvalue weighted by molar-refractivity contribution is 7.89. The van der Waals surface area contributed by atoms with Crippen LogP contribution >= 0.6 is 0 Å². The molecule has 7 heteroatoms. The van der Waals surface area contributed by atoms with E-state index in [1.54, 1.807) is 12.1 Å². The smallest absolute Gasteiger partial charge is 0.275 e. The Balaban J connectivity index is 1.90. The van der Waals surface area contributed by atoms with Crippen molar-refractivity contribution in [3.8, 4) is 0 Å². The summed E-state index contributed by atoms with van der Waals surface area (Å²) >= 11 is 0. The molecule has 0 radical (unpaired) electrons. The van der Waals surface area contributed by atoms with E-state index in [4.69, 9.17) is 0 Å². The quantitative estimate of drug-likeness (QED) is 0.653. The van der Waals surface area contributed by atoms with Crippen molar-refractivity contribution in [2.24, 2.45) is 5.92 Å². The third-order valence-electron chi connectivity index (χ3n) is 5.86. The number of benzene rings is 1. The third kappa shape index (κ3) is 5.78. The molecule has 0 aromatic heterocycles. The van der Waals surface area contributed by atoms with Crippen molar-refractivity contribution in [1.82, 2.24) is 9.62 Å². The molecule has 1 aliphatic rings. The largest absolute Gasteiger partial charge is 0.348 e. The van der Waals surface area contributed by atoms with Crippen molar-refractivity contribution >= 4 is 15.9 Å². The molecule has 28 heavy (non-hydrogen) atoms. The van der Waals surface area contributed by atoms with Gasteiger partial charge in [0.25, 0.3) is 5.91 Å². The molecular weight excluding hydrogens is 374 g/mol. The monoisotopic (exact) mass is 410 g/mol. The number of amides is 1. The molecule has 1 saturated carbocycles. The van der Waals surface area contributed by atoms with Crippen LogP contribution < -0.4 is 10.6 Å². The molecule has 1 aliphatic carbocycles. The van der Waals surface area contributed by atoms with E-state index in [0.29, 0.717) is 36.5 Å². The Bertz CT molecular complexity index is 730. The lowest BCUT2D eigenvalue weighted by molar-refractivity contribution is -0.682. The topological polar surface area (TPSA) is 83.1 Å². The van der Waals surface area contributed by atoms with Crippen LogP contribution in [0.1, 0.15) is 65.0 Å². The lowest BCUT2D eigenvalue weighted by Crippen LogP contribution is -2.87. The van der Waals surface area contributed by atoms with Gasteiger partial charge in [0.15, 0.2) is 6.54 Å². The van der Waals surface area contributed by atoms with E-state index in [0.717, 1.165) is 12.0 Å². The van der Waals surface area contributed by atoms with E-state index in [-0.39, 0.29) is 11.9 Å². The Morgan fingerprint density at radius 3 is 2.36 bits per heavy atom. The number of nitrogens with two attached hydrogens (primary N) is 1. The predicted molar refractivity (Wildman–Crippen MR) is 111 cm³/mol. The summed E-state index contributed by atoms with van der Waals surface area (Å²) in [7, 11) is -3.43. The number of rotatable bonds is 9. The fraction of sp³-hybridized carbons (Fsp3) is 0.667. The van der Waals surface area contributed by atoms with Gasteiger partial charge in [-0.1, -0.05) is 45.7 Å². The number of hydrogen-bond donors (Lipinski definition) is 2. The Kier molecular flexibility index (Phi) is 8.46. The number of nitrogens with one attached hydrogen (secondary N) is 1. The highest BCUT2D eigenvalue weighted by Crippen LogP contribution is 2.23. The molecule has 0 bridgehead atoms. The van der Waals surface area contributed by atoms with E-state index < -0.39 is 10.0 Å². The van der Waals surface area contributed by atoms with Crippen LogP contribution in [0.5, 0.6) is 0 Å². The minimum atomic E-state index is -3.43. The second-order valence-electron chi connectivity index (χ2n) is 7.82. The number of carbonyl (C=O) groups excluding carboxylic acids is 1. The summed E-state index contributed by atoms with van der Waals surface area (Å²) in [5.74, 6) is 0.627. The highest BCUT2D eigenvalue weighted by atomic mass is 32.2. The Morgan fingerprint density at radius 2 is 1.79 bits per heavy atom. The van der Waals surface area contributed by atoms with Gasteiger partial charge >= 0.3 is 0 Å². The summed E-state index contributed by atoms with van der Waals surface area (Å²) in [4.78, 5) is 12.6. The summed E-state index contributed by atoms with van der Waals surface area (Å²) in [5, 5.41) is 5.17. The second kappa shape index (κ2) is 10.4. The Morgan fingerprint density at radius 1 is 1.18 bits per heavy atom. The molecule has 0 heterocycles. The van der Waals surface area contributed by atoms with E-state index in [9.17, 15) is 13.2 Å². The van der Waals surface area contributed by atoms with Gasteiger partial charge in [-0.2, -0.15) is 4.31 Å². The first-order valence-corrected chi connectivity index (χ1v) is 12.0. The summed E-state index contributed by atoms with van der Waals surface area (Å²) in [6.45, 7) is 9.22. The van der Waals surface area contributed by atoms with Crippen LogP contribution in [0.4, 0.5) is 0 Å². The van der Waals surface area contributed by atoms with Crippen LogP contribution in [-0.4, -0.2) is 44.3 Å². The Labute approximate surface area is 170 Å². The van der Waals surface area contributed by atoms with Crippen molar-refractivity contribution in [3.05, 3.63) is 29.8 Å². The molecular formula is C21H36N3O3S+. The van der Waals surface area contributed by atoms with Crippen LogP contribution in [0.2, 0.25) is 0 Å². The van der Waals surface area contributed by atoms with E-state index >= 15 is 0 Å². The summed E-state index contributed by atoms with van der Waals surface area (Å²) in [6.07, 6.45) is 4.72. The number of sulfonamides is 1. The molecule has 2 rings (SSSR count). The second-order valence-corrected chi connectivity index (χ2v) is 9.76. The zero-order valence-electron chi connectivity index (χ0n) is 17.6. The molecule has 3 atom stereocenters. The van der Waals surface area contributed by atoms with Gasteiger partial charge in [0, 0.05) is 24.7 Å². The van der Waals surface area contributed by atoms with E-state index in [1.807, 2.05) is 38.2 Å². The minimum Gasteiger partial charge on any atom is -0.348 e. The minimum absolute atomic E-state index is 0.0753. The lowest BCUT2D eigenvalue weighted by atomic mass is 9.86. The van der Waals surface area contributed by atoms with Gasteiger partial charge in [-0.05, 0) is 37.8 Å². The fourth-order valence-corrected chi connectivity index (χ4v) is 5.33. The third-order valence-corrected chi connectivity index (χ3v) is 7.93. The highest BCUT2D eigenvalue weighted by Gasteiger charge is 2.24. The van der Waals surface area contributed by atoms with Gasteiger partial charge < -0.3 is 10.6 Å². The van der Waals surface area contributed by atoms with Gasteiger partial charge in [-0.15, -0.1) is 0 Å². The van der Waals surface area contributed by atoms with Crippen molar-refractivity contribution in [3.63, 3.8) is 0 Å². The fourth-order valence-electron chi connectivity index (χ4n) is 3.87. The van der Waals surface area contributed by atoms with Crippen molar-refractivity contribution in [1.29, 1.82) is 0 Å². The van der Waals surface area contributed by atoms with Gasteiger partial charge in [0.05, 0.1) is 4.90 Å². The average Bonchev–Trinajstić information content (AvgIpc) is 2.68. The molecule has 0 spiro atoms. The molecule has 1 fully saturated rings. The molecule has 6 nitrogen and oxygen atoms in total. The van der Waals surface area contributed by atoms with Crippen LogP contribution in [0.3, 0.4) is 0 Å². The summed E-state index contributed by atoms with van der Waals surface area (Å²) < 4.78 is 26.6. The van der Waals surface area contributed by atoms with Crippen LogP contribution in [0.15, 0.2) is 29.2 Å². The molecule has 1 amide bonds. The zero-order chi connectivity index (χ0) is 20.7. The summed E-state index contributed by atoms with van der Waals surface area (Å²) in [5.41, 5.74) is 1.01. The maximum atomic E-state index is 12.6. The molecule has 1 aromatic carbocycles. The molecule has 0 unspecified atom stereocenters. The Hall–Kier alpha value is -1.44. The normalized spacial score (nSPS) is 21.5. The average molecular weight is 411 g/mol. The SMILES string of the molecule is CCN(CC)S(=O)(=O)c1ccc([C@H](C)[NH2+]CC(=O)N[C@H]2CCCC[C@@H]2C)cc1. The number of carbonyl (C=O) groups is 1. The number of quaternary nitrogens is 1. The van der Waals surface area contributed by atoms with Gasteiger partial charge in [0.2, 0.25) is 10.0 Å². The van der Waals surface area contributed by atoms with Crippen molar-refractivity contribution in [2.45, 2.75) is 70.4 Å². The zero-order valence-corrected chi connectivity index (χ0v) is 18.5. The first-order chi connectivity index (χ1) is 13.3. The van der Waals surface area contributed by atoms with E-state index in [1.165, 1.54) is 23.6 Å². The molecule has 0 aliphatic heterocycles. The van der Waals surface area contributed by atoms with E-state index in [2.05, 4.69) is 12.2 Å². The molecule has 0 saturated heterocycles. The first-order valence-electron chi connectivity index (χ1n) is 10.5. The lowest BCUT2D eigenvalue weighted by Gasteiger charge is -2.29. The maximum Gasteiger partial charge on any atom is 0.275 e.